The van der Waals surface area contributed by atoms with E-state index < -0.39 is 0 Å². The first kappa shape index (κ1) is 15.5. The van der Waals surface area contributed by atoms with Crippen LogP contribution in [0, 0.1) is 0 Å². The molecule has 20 heavy (non-hydrogen) atoms. The molecule has 1 aromatic rings. The van der Waals surface area contributed by atoms with Gasteiger partial charge in [0.2, 0.25) is 5.91 Å². The average molecular weight is 339 g/mol. The van der Waals surface area contributed by atoms with E-state index in [0.717, 1.165) is 17.3 Å². The van der Waals surface area contributed by atoms with Crippen molar-refractivity contribution < 1.29 is 4.79 Å². The van der Waals surface area contributed by atoms with Gasteiger partial charge in [-0.2, -0.15) is 0 Å². The van der Waals surface area contributed by atoms with E-state index in [2.05, 4.69) is 45.6 Å². The summed E-state index contributed by atoms with van der Waals surface area (Å²) < 4.78 is 1.07. The SMILES string of the molecule is CC(N[C@@H](C)c1ccc(Br)cc1)C(=O)NC1CCCC1. The number of rotatable bonds is 5. The highest BCUT2D eigenvalue weighted by molar-refractivity contribution is 9.10. The van der Waals surface area contributed by atoms with Crippen LogP contribution in [0.4, 0.5) is 0 Å². The number of hydrogen-bond acceptors (Lipinski definition) is 2. The third-order valence-corrected chi connectivity index (χ3v) is 4.49. The summed E-state index contributed by atoms with van der Waals surface area (Å²) in [5.74, 6) is 0.112. The molecule has 1 fully saturated rings. The molecule has 1 aliphatic rings. The molecule has 110 valence electrons. The van der Waals surface area contributed by atoms with Crippen LogP contribution in [0.2, 0.25) is 0 Å². The highest BCUT2D eigenvalue weighted by Gasteiger charge is 2.21. The number of benzene rings is 1. The van der Waals surface area contributed by atoms with Crippen molar-refractivity contribution in [3.8, 4) is 0 Å². The fraction of sp³-hybridized carbons (Fsp3) is 0.562. The number of halogens is 1. The minimum absolute atomic E-state index is 0.112. The largest absolute Gasteiger partial charge is 0.352 e. The standard InChI is InChI=1S/C16H23BrN2O/c1-11(13-7-9-14(17)10-8-13)18-12(2)16(20)19-15-5-3-4-6-15/h7-12,15,18H,3-6H2,1-2H3,(H,19,20)/t11-,12?/m0/s1. The fourth-order valence-corrected chi connectivity index (χ4v) is 2.96. The molecule has 0 heterocycles. The Balaban J connectivity index is 1.84. The summed E-state index contributed by atoms with van der Waals surface area (Å²) in [6, 6.07) is 8.57. The van der Waals surface area contributed by atoms with Crippen LogP contribution in [0.5, 0.6) is 0 Å². The molecule has 0 bridgehead atoms. The molecule has 0 aromatic heterocycles. The van der Waals surface area contributed by atoms with Gasteiger partial charge in [-0.15, -0.1) is 0 Å². The molecule has 0 spiro atoms. The van der Waals surface area contributed by atoms with Gasteiger partial charge < -0.3 is 5.32 Å². The summed E-state index contributed by atoms with van der Waals surface area (Å²) in [6.45, 7) is 4.02. The quantitative estimate of drug-likeness (QED) is 0.861. The Hall–Kier alpha value is -0.870. The highest BCUT2D eigenvalue weighted by atomic mass is 79.9. The highest BCUT2D eigenvalue weighted by Crippen LogP contribution is 2.19. The molecular formula is C16H23BrN2O. The smallest absolute Gasteiger partial charge is 0.237 e. The van der Waals surface area contributed by atoms with Crippen LogP contribution in [0.25, 0.3) is 0 Å². The van der Waals surface area contributed by atoms with E-state index in [4.69, 9.17) is 0 Å². The predicted molar refractivity (Wildman–Crippen MR) is 85.6 cm³/mol. The molecule has 0 aliphatic heterocycles. The van der Waals surface area contributed by atoms with Gasteiger partial charge in [0.1, 0.15) is 0 Å². The Morgan fingerprint density at radius 3 is 2.40 bits per heavy atom. The number of carbonyl (C=O) groups excluding carboxylic acids is 1. The predicted octanol–water partition coefficient (Wildman–Crippen LogP) is 3.55. The van der Waals surface area contributed by atoms with Crippen molar-refractivity contribution in [1.29, 1.82) is 0 Å². The van der Waals surface area contributed by atoms with Crippen molar-refractivity contribution in [2.45, 2.75) is 57.7 Å². The van der Waals surface area contributed by atoms with Gasteiger partial charge in [-0.1, -0.05) is 40.9 Å². The lowest BCUT2D eigenvalue weighted by atomic mass is 10.1. The van der Waals surface area contributed by atoms with E-state index in [-0.39, 0.29) is 18.0 Å². The van der Waals surface area contributed by atoms with Gasteiger partial charge in [-0.05, 0) is 44.4 Å². The van der Waals surface area contributed by atoms with Crippen LogP contribution in [0.15, 0.2) is 28.7 Å². The van der Waals surface area contributed by atoms with Gasteiger partial charge in [0, 0.05) is 16.6 Å². The zero-order valence-electron chi connectivity index (χ0n) is 12.2. The summed E-state index contributed by atoms with van der Waals surface area (Å²) in [5.41, 5.74) is 1.19. The second-order valence-corrected chi connectivity index (χ2v) is 6.57. The molecule has 2 atom stereocenters. The zero-order valence-corrected chi connectivity index (χ0v) is 13.7. The maximum Gasteiger partial charge on any atom is 0.237 e. The second-order valence-electron chi connectivity index (χ2n) is 5.65. The summed E-state index contributed by atoms with van der Waals surface area (Å²) in [5, 5.41) is 6.50. The Kier molecular flexibility index (Phi) is 5.61. The first-order chi connectivity index (χ1) is 9.56. The molecular weight excluding hydrogens is 316 g/mol. The van der Waals surface area contributed by atoms with Gasteiger partial charge in [0.15, 0.2) is 0 Å². The first-order valence-corrected chi connectivity index (χ1v) is 8.17. The van der Waals surface area contributed by atoms with Crippen LogP contribution in [0.1, 0.15) is 51.1 Å². The molecule has 2 rings (SSSR count). The molecule has 4 heteroatoms. The van der Waals surface area contributed by atoms with Crippen LogP contribution >= 0.6 is 15.9 Å². The molecule has 1 saturated carbocycles. The molecule has 1 aliphatic carbocycles. The molecule has 1 unspecified atom stereocenters. The van der Waals surface area contributed by atoms with Crippen LogP contribution < -0.4 is 10.6 Å². The van der Waals surface area contributed by atoms with E-state index in [1.807, 2.05) is 19.1 Å². The van der Waals surface area contributed by atoms with Crippen LogP contribution in [0.3, 0.4) is 0 Å². The van der Waals surface area contributed by atoms with E-state index in [9.17, 15) is 4.79 Å². The molecule has 3 nitrogen and oxygen atoms in total. The van der Waals surface area contributed by atoms with Crippen molar-refractivity contribution in [2.75, 3.05) is 0 Å². The number of carbonyl (C=O) groups is 1. The lowest BCUT2D eigenvalue weighted by molar-refractivity contribution is -0.123. The molecule has 1 aromatic carbocycles. The summed E-state index contributed by atoms with van der Waals surface area (Å²) >= 11 is 3.43. The minimum Gasteiger partial charge on any atom is -0.352 e. The molecule has 0 saturated heterocycles. The fourth-order valence-electron chi connectivity index (χ4n) is 2.69. The number of nitrogens with one attached hydrogen (secondary N) is 2. The topological polar surface area (TPSA) is 41.1 Å². The summed E-state index contributed by atoms with van der Waals surface area (Å²) in [4.78, 5) is 12.1. The van der Waals surface area contributed by atoms with Gasteiger partial charge in [0.05, 0.1) is 6.04 Å². The van der Waals surface area contributed by atoms with Crippen molar-refractivity contribution in [3.05, 3.63) is 34.3 Å². The van der Waals surface area contributed by atoms with Gasteiger partial charge in [0.25, 0.3) is 0 Å². The molecule has 2 N–H and O–H groups in total. The zero-order chi connectivity index (χ0) is 14.5. The second kappa shape index (κ2) is 7.23. The Morgan fingerprint density at radius 2 is 1.80 bits per heavy atom. The maximum absolute atomic E-state index is 12.1. The van der Waals surface area contributed by atoms with E-state index >= 15 is 0 Å². The van der Waals surface area contributed by atoms with E-state index in [0.29, 0.717) is 6.04 Å². The van der Waals surface area contributed by atoms with Crippen molar-refractivity contribution >= 4 is 21.8 Å². The van der Waals surface area contributed by atoms with Gasteiger partial charge in [-0.3, -0.25) is 10.1 Å². The maximum atomic E-state index is 12.1. The van der Waals surface area contributed by atoms with Gasteiger partial charge in [-0.25, -0.2) is 0 Å². The van der Waals surface area contributed by atoms with E-state index in [1.54, 1.807) is 0 Å². The molecule has 0 radical (unpaired) electrons. The van der Waals surface area contributed by atoms with Crippen molar-refractivity contribution in [3.63, 3.8) is 0 Å². The number of amides is 1. The lowest BCUT2D eigenvalue weighted by Gasteiger charge is -2.22. The van der Waals surface area contributed by atoms with Crippen molar-refractivity contribution in [1.82, 2.24) is 10.6 Å². The lowest BCUT2D eigenvalue weighted by Crippen LogP contribution is -2.46. The normalized spacial score (nSPS) is 18.8. The average Bonchev–Trinajstić information content (AvgIpc) is 2.92. The van der Waals surface area contributed by atoms with Crippen LogP contribution in [-0.2, 0) is 4.79 Å². The van der Waals surface area contributed by atoms with Crippen molar-refractivity contribution in [2.24, 2.45) is 0 Å². The third-order valence-electron chi connectivity index (χ3n) is 3.96. The minimum atomic E-state index is -0.172. The Morgan fingerprint density at radius 1 is 1.20 bits per heavy atom. The van der Waals surface area contributed by atoms with Gasteiger partial charge >= 0.3 is 0 Å². The Bertz CT molecular complexity index is 440. The van der Waals surface area contributed by atoms with E-state index in [1.165, 1.54) is 18.4 Å². The monoisotopic (exact) mass is 338 g/mol. The summed E-state index contributed by atoms with van der Waals surface area (Å²) in [6.07, 6.45) is 4.73. The summed E-state index contributed by atoms with van der Waals surface area (Å²) in [7, 11) is 0. The first-order valence-electron chi connectivity index (χ1n) is 7.38. The number of hydrogen-bond donors (Lipinski definition) is 2. The third kappa shape index (κ3) is 4.32. The molecule has 1 amide bonds. The Labute approximate surface area is 129 Å². The van der Waals surface area contributed by atoms with Crippen LogP contribution in [-0.4, -0.2) is 18.0 Å².